The zero-order chi connectivity index (χ0) is 14.5. The second kappa shape index (κ2) is 6.56. The first-order valence-electron chi connectivity index (χ1n) is 6.74. The van der Waals surface area contributed by atoms with Gasteiger partial charge in [0.2, 0.25) is 5.91 Å². The molecule has 0 radical (unpaired) electrons. The molecule has 2 N–H and O–H groups in total. The second-order valence-electron chi connectivity index (χ2n) is 4.97. The molecule has 2 atom stereocenters. The molecule has 2 unspecified atom stereocenters. The number of hydrogen-bond donors (Lipinski definition) is 2. The van der Waals surface area contributed by atoms with Crippen molar-refractivity contribution in [3.8, 4) is 11.8 Å². The molecule has 0 saturated carbocycles. The van der Waals surface area contributed by atoms with Crippen LogP contribution >= 0.6 is 0 Å². The number of nitrogens with one attached hydrogen (secondary N) is 1. The number of aliphatic hydroxyl groups is 1. The highest BCUT2D eigenvalue weighted by Crippen LogP contribution is 2.23. The SMILES string of the molecule is Cc1ccc(NC(=O)C2CCOC2C)c(C#CCO)c1. The highest BCUT2D eigenvalue weighted by molar-refractivity contribution is 5.94. The van der Waals surface area contributed by atoms with Crippen molar-refractivity contribution in [3.05, 3.63) is 29.3 Å². The summed E-state index contributed by atoms with van der Waals surface area (Å²) in [6.45, 7) is 4.31. The summed E-state index contributed by atoms with van der Waals surface area (Å²) in [5, 5.41) is 11.7. The monoisotopic (exact) mass is 273 g/mol. The van der Waals surface area contributed by atoms with Crippen molar-refractivity contribution in [3.63, 3.8) is 0 Å². The number of rotatable bonds is 2. The van der Waals surface area contributed by atoms with E-state index in [1.807, 2.05) is 32.0 Å². The molecule has 1 aliphatic rings. The summed E-state index contributed by atoms with van der Waals surface area (Å²) in [7, 11) is 0. The lowest BCUT2D eigenvalue weighted by molar-refractivity contribution is -0.121. The summed E-state index contributed by atoms with van der Waals surface area (Å²) in [6.07, 6.45) is 0.698. The topological polar surface area (TPSA) is 58.6 Å². The first-order valence-corrected chi connectivity index (χ1v) is 6.74. The highest BCUT2D eigenvalue weighted by atomic mass is 16.5. The number of carbonyl (C=O) groups excluding carboxylic acids is 1. The summed E-state index contributed by atoms with van der Waals surface area (Å²) < 4.78 is 5.42. The molecule has 4 heteroatoms. The summed E-state index contributed by atoms with van der Waals surface area (Å²) in [5.41, 5.74) is 2.46. The Balaban J connectivity index is 2.18. The molecule has 1 saturated heterocycles. The van der Waals surface area contributed by atoms with Crippen molar-refractivity contribution in [2.24, 2.45) is 5.92 Å². The van der Waals surface area contributed by atoms with Gasteiger partial charge in [-0.2, -0.15) is 0 Å². The van der Waals surface area contributed by atoms with E-state index in [0.29, 0.717) is 12.3 Å². The fourth-order valence-electron chi connectivity index (χ4n) is 2.31. The quantitative estimate of drug-likeness (QED) is 0.806. The standard InChI is InChI=1S/C16H19NO3/c1-11-5-6-15(13(10-11)4-3-8-18)17-16(19)14-7-9-20-12(14)2/h5-6,10,12,14,18H,7-9H2,1-2H3,(H,17,19). The van der Waals surface area contributed by atoms with E-state index in [-0.39, 0.29) is 24.5 Å². The van der Waals surface area contributed by atoms with Crippen LogP contribution in [0.1, 0.15) is 24.5 Å². The summed E-state index contributed by atoms with van der Waals surface area (Å²) in [6, 6.07) is 5.66. The van der Waals surface area contributed by atoms with E-state index in [1.165, 1.54) is 0 Å². The van der Waals surface area contributed by atoms with Crippen LogP contribution in [-0.2, 0) is 9.53 Å². The minimum absolute atomic E-state index is 0.0362. The minimum atomic E-state index is -0.200. The summed E-state index contributed by atoms with van der Waals surface area (Å²) in [4.78, 5) is 12.2. The third-order valence-corrected chi connectivity index (χ3v) is 3.45. The zero-order valence-corrected chi connectivity index (χ0v) is 11.8. The lowest BCUT2D eigenvalue weighted by atomic mass is 10.0. The van der Waals surface area contributed by atoms with Gasteiger partial charge in [-0.25, -0.2) is 0 Å². The van der Waals surface area contributed by atoms with Gasteiger partial charge in [0, 0.05) is 12.2 Å². The van der Waals surface area contributed by atoms with Crippen molar-refractivity contribution in [2.45, 2.75) is 26.4 Å². The van der Waals surface area contributed by atoms with Gasteiger partial charge in [0.1, 0.15) is 6.61 Å². The Hall–Kier alpha value is -1.83. The Bertz CT molecular complexity index is 557. The lowest BCUT2D eigenvalue weighted by Crippen LogP contribution is -2.28. The number of benzene rings is 1. The number of aliphatic hydroxyl groups excluding tert-OH is 1. The second-order valence-corrected chi connectivity index (χ2v) is 4.97. The van der Waals surface area contributed by atoms with Crippen molar-refractivity contribution in [1.82, 2.24) is 0 Å². The van der Waals surface area contributed by atoms with E-state index in [2.05, 4.69) is 17.2 Å². The van der Waals surface area contributed by atoms with Crippen LogP contribution in [0.15, 0.2) is 18.2 Å². The first kappa shape index (κ1) is 14.6. The molecule has 1 aromatic carbocycles. The van der Waals surface area contributed by atoms with Gasteiger partial charge in [0.05, 0.1) is 17.7 Å². The highest BCUT2D eigenvalue weighted by Gasteiger charge is 2.30. The van der Waals surface area contributed by atoms with E-state index in [9.17, 15) is 4.79 Å². The first-order chi connectivity index (χ1) is 9.61. The van der Waals surface area contributed by atoms with E-state index >= 15 is 0 Å². The number of carbonyl (C=O) groups is 1. The molecule has 0 aliphatic carbocycles. The molecule has 1 fully saturated rings. The van der Waals surface area contributed by atoms with Crippen molar-refractivity contribution in [2.75, 3.05) is 18.5 Å². The van der Waals surface area contributed by atoms with Gasteiger partial charge >= 0.3 is 0 Å². The molecule has 0 bridgehead atoms. The van der Waals surface area contributed by atoms with Crippen molar-refractivity contribution >= 4 is 11.6 Å². The summed E-state index contributed by atoms with van der Waals surface area (Å²) in [5.74, 6) is 5.33. The normalized spacial score (nSPS) is 21.1. The molecule has 0 aromatic heterocycles. The van der Waals surface area contributed by atoms with E-state index in [0.717, 1.165) is 17.5 Å². The van der Waals surface area contributed by atoms with Gasteiger partial charge in [-0.3, -0.25) is 4.79 Å². The number of amides is 1. The Labute approximate surface area is 119 Å². The molecular formula is C16H19NO3. The Morgan fingerprint density at radius 1 is 1.55 bits per heavy atom. The van der Waals surface area contributed by atoms with Crippen LogP contribution in [0.2, 0.25) is 0 Å². The molecule has 1 aliphatic heterocycles. The molecule has 20 heavy (non-hydrogen) atoms. The maximum atomic E-state index is 12.2. The maximum Gasteiger partial charge on any atom is 0.230 e. The van der Waals surface area contributed by atoms with Gasteiger partial charge < -0.3 is 15.2 Å². The molecule has 2 rings (SSSR count). The molecule has 4 nitrogen and oxygen atoms in total. The van der Waals surface area contributed by atoms with E-state index in [1.54, 1.807) is 0 Å². The largest absolute Gasteiger partial charge is 0.384 e. The van der Waals surface area contributed by atoms with E-state index < -0.39 is 0 Å². The third kappa shape index (κ3) is 3.38. The zero-order valence-electron chi connectivity index (χ0n) is 11.8. The Morgan fingerprint density at radius 3 is 3.00 bits per heavy atom. The summed E-state index contributed by atoms with van der Waals surface area (Å²) >= 11 is 0. The lowest BCUT2D eigenvalue weighted by Gasteiger charge is -2.15. The van der Waals surface area contributed by atoms with Gasteiger partial charge in [-0.1, -0.05) is 17.9 Å². The number of aryl methyl sites for hydroxylation is 1. The van der Waals surface area contributed by atoms with Gasteiger partial charge in [0.15, 0.2) is 0 Å². The maximum absolute atomic E-state index is 12.2. The minimum Gasteiger partial charge on any atom is -0.384 e. The predicted molar refractivity (Wildman–Crippen MR) is 77.3 cm³/mol. The molecule has 1 heterocycles. The van der Waals surface area contributed by atoms with Crippen LogP contribution in [0.25, 0.3) is 0 Å². The average molecular weight is 273 g/mol. The van der Waals surface area contributed by atoms with Gasteiger partial charge in [0.25, 0.3) is 0 Å². The van der Waals surface area contributed by atoms with Crippen LogP contribution in [0.4, 0.5) is 5.69 Å². The third-order valence-electron chi connectivity index (χ3n) is 3.45. The van der Waals surface area contributed by atoms with E-state index in [4.69, 9.17) is 9.84 Å². The Morgan fingerprint density at radius 2 is 2.35 bits per heavy atom. The number of ether oxygens (including phenoxy) is 1. The molecule has 1 amide bonds. The fourth-order valence-corrected chi connectivity index (χ4v) is 2.31. The molecule has 1 aromatic rings. The van der Waals surface area contributed by atoms with Gasteiger partial charge in [-0.05, 0) is 38.0 Å². The number of anilines is 1. The average Bonchev–Trinajstić information content (AvgIpc) is 2.85. The fraction of sp³-hybridized carbons (Fsp3) is 0.438. The number of hydrogen-bond acceptors (Lipinski definition) is 3. The van der Waals surface area contributed by atoms with Crippen LogP contribution in [0.5, 0.6) is 0 Å². The molecular weight excluding hydrogens is 254 g/mol. The molecule has 0 spiro atoms. The van der Waals surface area contributed by atoms with Crippen molar-refractivity contribution < 1.29 is 14.6 Å². The van der Waals surface area contributed by atoms with Crippen LogP contribution in [0.3, 0.4) is 0 Å². The predicted octanol–water partition coefficient (Wildman–Crippen LogP) is 1.70. The van der Waals surface area contributed by atoms with Gasteiger partial charge in [-0.15, -0.1) is 0 Å². The van der Waals surface area contributed by atoms with Crippen LogP contribution < -0.4 is 5.32 Å². The Kier molecular flexibility index (Phi) is 4.78. The van der Waals surface area contributed by atoms with Crippen LogP contribution in [0, 0.1) is 24.7 Å². The molecule has 106 valence electrons. The van der Waals surface area contributed by atoms with Crippen LogP contribution in [-0.4, -0.2) is 30.3 Å². The van der Waals surface area contributed by atoms with Crippen molar-refractivity contribution in [1.29, 1.82) is 0 Å². The smallest absolute Gasteiger partial charge is 0.230 e.